The minimum Gasteiger partial charge on any atom is -0.480 e. The Kier molecular flexibility index (Phi) is 4.29. The molecule has 2 fully saturated rings. The van der Waals surface area contributed by atoms with E-state index in [0.29, 0.717) is 19.4 Å². The molecular formula is C13H22N2O4. The van der Waals surface area contributed by atoms with Gasteiger partial charge in [-0.2, -0.15) is 0 Å². The maximum atomic E-state index is 11.8. The molecule has 0 bridgehead atoms. The molecule has 1 heterocycles. The summed E-state index contributed by atoms with van der Waals surface area (Å²) in [5.41, 5.74) is -1.08. The molecule has 0 aromatic carbocycles. The second-order valence-electron chi connectivity index (χ2n) is 5.58. The molecule has 2 aliphatic rings. The van der Waals surface area contributed by atoms with Gasteiger partial charge in [-0.1, -0.05) is 12.8 Å². The van der Waals surface area contributed by atoms with Gasteiger partial charge in [0.05, 0.1) is 12.2 Å². The zero-order valence-electron chi connectivity index (χ0n) is 11.3. The zero-order chi connectivity index (χ0) is 13.9. The monoisotopic (exact) mass is 270 g/mol. The van der Waals surface area contributed by atoms with E-state index in [0.717, 1.165) is 25.7 Å². The average molecular weight is 270 g/mol. The summed E-state index contributed by atoms with van der Waals surface area (Å²) in [7, 11) is 0. The topological polar surface area (TPSA) is 87.7 Å². The van der Waals surface area contributed by atoms with Crippen LogP contribution in [0.4, 0.5) is 4.79 Å². The lowest BCUT2D eigenvalue weighted by Crippen LogP contribution is -2.56. The van der Waals surface area contributed by atoms with Crippen molar-refractivity contribution in [1.82, 2.24) is 10.6 Å². The van der Waals surface area contributed by atoms with E-state index in [9.17, 15) is 14.7 Å². The molecule has 1 aliphatic heterocycles. The van der Waals surface area contributed by atoms with Crippen LogP contribution in [0, 0.1) is 0 Å². The molecule has 0 aromatic heterocycles. The van der Waals surface area contributed by atoms with Gasteiger partial charge < -0.3 is 20.5 Å². The highest BCUT2D eigenvalue weighted by Gasteiger charge is 2.42. The Balaban J connectivity index is 1.78. The van der Waals surface area contributed by atoms with Crippen LogP contribution in [-0.2, 0) is 9.53 Å². The van der Waals surface area contributed by atoms with E-state index in [2.05, 4.69) is 10.6 Å². The molecule has 6 heteroatoms. The summed E-state index contributed by atoms with van der Waals surface area (Å²) < 4.78 is 5.60. The number of carboxylic acids is 1. The number of carbonyl (C=O) groups is 2. The van der Waals surface area contributed by atoms with Crippen molar-refractivity contribution in [2.45, 2.75) is 63.2 Å². The normalized spacial score (nSPS) is 29.1. The third-order valence-corrected chi connectivity index (χ3v) is 4.03. The van der Waals surface area contributed by atoms with Crippen molar-refractivity contribution in [2.24, 2.45) is 0 Å². The average Bonchev–Trinajstić information content (AvgIpc) is 2.97. The van der Waals surface area contributed by atoms with E-state index in [1.807, 2.05) is 6.92 Å². The van der Waals surface area contributed by atoms with Gasteiger partial charge >= 0.3 is 12.0 Å². The van der Waals surface area contributed by atoms with Gasteiger partial charge in [0, 0.05) is 6.54 Å². The van der Waals surface area contributed by atoms with Crippen molar-refractivity contribution in [2.75, 3.05) is 6.54 Å². The SMILES string of the molecule is CC1CCC(CNC(=O)NC2(C(=O)O)CCCC2)O1. The van der Waals surface area contributed by atoms with Crippen LogP contribution in [0.3, 0.4) is 0 Å². The number of ether oxygens (including phenoxy) is 1. The summed E-state index contributed by atoms with van der Waals surface area (Å²) in [6.07, 6.45) is 4.93. The van der Waals surface area contributed by atoms with Crippen molar-refractivity contribution in [3.8, 4) is 0 Å². The summed E-state index contributed by atoms with van der Waals surface area (Å²) in [5, 5.41) is 14.6. The highest BCUT2D eigenvalue weighted by molar-refractivity contribution is 5.86. The Morgan fingerprint density at radius 3 is 2.53 bits per heavy atom. The van der Waals surface area contributed by atoms with Gasteiger partial charge in [-0.25, -0.2) is 9.59 Å². The third kappa shape index (κ3) is 3.37. The highest BCUT2D eigenvalue weighted by atomic mass is 16.5. The molecule has 2 amide bonds. The van der Waals surface area contributed by atoms with Crippen LogP contribution in [0.15, 0.2) is 0 Å². The lowest BCUT2D eigenvalue weighted by Gasteiger charge is -2.25. The number of aliphatic carboxylic acids is 1. The van der Waals surface area contributed by atoms with Crippen LogP contribution in [0.5, 0.6) is 0 Å². The third-order valence-electron chi connectivity index (χ3n) is 4.03. The summed E-state index contributed by atoms with van der Waals surface area (Å²) >= 11 is 0. The van der Waals surface area contributed by atoms with Gasteiger partial charge in [-0.05, 0) is 32.6 Å². The fourth-order valence-electron chi connectivity index (χ4n) is 2.87. The number of amides is 2. The Labute approximate surface area is 112 Å². The van der Waals surface area contributed by atoms with Crippen LogP contribution in [0.2, 0.25) is 0 Å². The van der Waals surface area contributed by atoms with E-state index in [4.69, 9.17) is 4.74 Å². The molecule has 0 aromatic rings. The molecule has 2 atom stereocenters. The van der Waals surface area contributed by atoms with Crippen molar-refractivity contribution < 1.29 is 19.4 Å². The highest BCUT2D eigenvalue weighted by Crippen LogP contribution is 2.29. The predicted octanol–water partition coefficient (Wildman–Crippen LogP) is 1.25. The van der Waals surface area contributed by atoms with E-state index < -0.39 is 17.5 Å². The second-order valence-corrected chi connectivity index (χ2v) is 5.58. The van der Waals surface area contributed by atoms with Crippen LogP contribution < -0.4 is 10.6 Å². The van der Waals surface area contributed by atoms with Crippen LogP contribution in [0.1, 0.15) is 45.4 Å². The van der Waals surface area contributed by atoms with Gasteiger partial charge in [0.25, 0.3) is 0 Å². The molecular weight excluding hydrogens is 248 g/mol. The Bertz CT molecular complexity index is 353. The molecule has 108 valence electrons. The first-order valence-electron chi connectivity index (χ1n) is 6.97. The summed E-state index contributed by atoms with van der Waals surface area (Å²) in [4.78, 5) is 23.1. The smallest absolute Gasteiger partial charge is 0.329 e. The maximum Gasteiger partial charge on any atom is 0.329 e. The Morgan fingerprint density at radius 2 is 2.00 bits per heavy atom. The quantitative estimate of drug-likeness (QED) is 0.717. The molecule has 19 heavy (non-hydrogen) atoms. The minimum absolute atomic E-state index is 0.0464. The van der Waals surface area contributed by atoms with Crippen LogP contribution in [0.25, 0.3) is 0 Å². The van der Waals surface area contributed by atoms with Gasteiger partial charge in [-0.15, -0.1) is 0 Å². The number of hydrogen-bond acceptors (Lipinski definition) is 3. The largest absolute Gasteiger partial charge is 0.480 e. The predicted molar refractivity (Wildman–Crippen MR) is 68.9 cm³/mol. The fraction of sp³-hybridized carbons (Fsp3) is 0.846. The molecule has 1 aliphatic carbocycles. The number of carbonyl (C=O) groups excluding carboxylic acids is 1. The Hall–Kier alpha value is -1.30. The van der Waals surface area contributed by atoms with Gasteiger partial charge in [0.15, 0.2) is 0 Å². The summed E-state index contributed by atoms with van der Waals surface area (Å²) in [6.45, 7) is 2.45. The number of carboxylic acid groups (broad SMARTS) is 1. The van der Waals surface area contributed by atoms with E-state index in [1.54, 1.807) is 0 Å². The molecule has 6 nitrogen and oxygen atoms in total. The van der Waals surface area contributed by atoms with Gasteiger partial charge in [0.1, 0.15) is 5.54 Å². The van der Waals surface area contributed by atoms with E-state index in [1.165, 1.54) is 0 Å². The fourth-order valence-corrected chi connectivity index (χ4v) is 2.87. The molecule has 1 saturated heterocycles. The van der Waals surface area contributed by atoms with Crippen molar-refractivity contribution in [1.29, 1.82) is 0 Å². The molecule has 0 radical (unpaired) electrons. The van der Waals surface area contributed by atoms with Crippen LogP contribution >= 0.6 is 0 Å². The molecule has 3 N–H and O–H groups in total. The first kappa shape index (κ1) is 14.1. The summed E-state index contributed by atoms with van der Waals surface area (Å²) in [5.74, 6) is -0.939. The van der Waals surface area contributed by atoms with Crippen molar-refractivity contribution in [3.05, 3.63) is 0 Å². The lowest BCUT2D eigenvalue weighted by atomic mass is 9.98. The van der Waals surface area contributed by atoms with Gasteiger partial charge in [-0.3, -0.25) is 0 Å². The lowest BCUT2D eigenvalue weighted by molar-refractivity contribution is -0.144. The first-order valence-corrected chi connectivity index (χ1v) is 6.97. The van der Waals surface area contributed by atoms with E-state index in [-0.39, 0.29) is 12.2 Å². The van der Waals surface area contributed by atoms with E-state index >= 15 is 0 Å². The second kappa shape index (κ2) is 5.77. The Morgan fingerprint density at radius 1 is 1.32 bits per heavy atom. The summed E-state index contributed by atoms with van der Waals surface area (Å²) in [6, 6.07) is -0.410. The molecule has 2 rings (SSSR count). The maximum absolute atomic E-state index is 11.8. The van der Waals surface area contributed by atoms with Crippen molar-refractivity contribution >= 4 is 12.0 Å². The number of hydrogen-bond donors (Lipinski definition) is 3. The molecule has 2 unspecified atom stereocenters. The number of nitrogens with one attached hydrogen (secondary N) is 2. The van der Waals surface area contributed by atoms with Crippen molar-refractivity contribution in [3.63, 3.8) is 0 Å². The number of rotatable bonds is 4. The molecule has 0 spiro atoms. The van der Waals surface area contributed by atoms with Crippen LogP contribution in [-0.4, -0.2) is 41.4 Å². The standard InChI is InChI=1S/C13H22N2O4/c1-9-4-5-10(19-9)8-14-12(18)15-13(11(16)17)6-2-3-7-13/h9-10H,2-8H2,1H3,(H,16,17)(H2,14,15,18). The van der Waals surface area contributed by atoms with Gasteiger partial charge in [0.2, 0.25) is 0 Å². The first-order chi connectivity index (χ1) is 9.02. The minimum atomic E-state index is -1.08. The zero-order valence-corrected chi connectivity index (χ0v) is 11.3. The number of urea groups is 1. The molecule has 1 saturated carbocycles.